The SMILES string of the molecule is CC(C)C[C@H](N)C(=O)NC1CCCC(O)C1. The molecule has 0 bridgehead atoms. The lowest BCUT2D eigenvalue weighted by molar-refractivity contribution is -0.123. The topological polar surface area (TPSA) is 75.4 Å². The van der Waals surface area contributed by atoms with Crippen LogP contribution in [-0.2, 0) is 4.79 Å². The number of carbonyl (C=O) groups excluding carboxylic acids is 1. The number of nitrogens with one attached hydrogen (secondary N) is 1. The molecule has 2 unspecified atom stereocenters. The van der Waals surface area contributed by atoms with Crippen molar-refractivity contribution in [3.8, 4) is 0 Å². The Balaban J connectivity index is 2.32. The van der Waals surface area contributed by atoms with Crippen LogP contribution < -0.4 is 11.1 Å². The van der Waals surface area contributed by atoms with Gasteiger partial charge in [0.25, 0.3) is 0 Å². The highest BCUT2D eigenvalue weighted by atomic mass is 16.3. The van der Waals surface area contributed by atoms with E-state index in [-0.39, 0.29) is 18.1 Å². The quantitative estimate of drug-likeness (QED) is 0.665. The molecule has 1 aliphatic rings. The molecule has 0 aromatic rings. The van der Waals surface area contributed by atoms with Crippen LogP contribution in [0.5, 0.6) is 0 Å². The number of aliphatic hydroxyl groups excluding tert-OH is 1. The van der Waals surface area contributed by atoms with Crippen LogP contribution in [0, 0.1) is 5.92 Å². The molecule has 4 N–H and O–H groups in total. The van der Waals surface area contributed by atoms with E-state index in [0.717, 1.165) is 19.3 Å². The number of hydrogen-bond donors (Lipinski definition) is 3. The number of rotatable bonds is 4. The van der Waals surface area contributed by atoms with Crippen LogP contribution in [-0.4, -0.2) is 29.2 Å². The molecule has 0 aromatic heterocycles. The van der Waals surface area contributed by atoms with Gasteiger partial charge in [-0.05, 0) is 38.0 Å². The highest BCUT2D eigenvalue weighted by Gasteiger charge is 2.23. The van der Waals surface area contributed by atoms with Crippen molar-refractivity contribution in [3.63, 3.8) is 0 Å². The van der Waals surface area contributed by atoms with Crippen molar-refractivity contribution in [1.29, 1.82) is 0 Å². The largest absolute Gasteiger partial charge is 0.393 e. The first-order chi connectivity index (χ1) is 7.49. The Bertz CT molecular complexity index is 231. The molecule has 1 fully saturated rings. The van der Waals surface area contributed by atoms with E-state index in [0.29, 0.717) is 18.8 Å². The molecule has 94 valence electrons. The third kappa shape index (κ3) is 4.49. The summed E-state index contributed by atoms with van der Waals surface area (Å²) in [6, 6.07) is -0.312. The third-order valence-corrected chi connectivity index (χ3v) is 3.06. The van der Waals surface area contributed by atoms with E-state index in [4.69, 9.17) is 5.73 Å². The second kappa shape index (κ2) is 6.21. The molecule has 0 aromatic carbocycles. The zero-order chi connectivity index (χ0) is 12.1. The van der Waals surface area contributed by atoms with Crippen LogP contribution in [0.15, 0.2) is 0 Å². The minimum atomic E-state index is -0.418. The van der Waals surface area contributed by atoms with Crippen LogP contribution in [0.1, 0.15) is 46.0 Å². The highest BCUT2D eigenvalue weighted by molar-refractivity contribution is 5.81. The van der Waals surface area contributed by atoms with Crippen molar-refractivity contribution in [2.45, 2.75) is 64.1 Å². The van der Waals surface area contributed by atoms with Gasteiger partial charge in [-0.3, -0.25) is 4.79 Å². The number of carbonyl (C=O) groups is 1. The van der Waals surface area contributed by atoms with Crippen LogP contribution >= 0.6 is 0 Å². The predicted octanol–water partition coefficient (Wildman–Crippen LogP) is 0.779. The predicted molar refractivity (Wildman–Crippen MR) is 63.8 cm³/mol. The van der Waals surface area contributed by atoms with E-state index in [1.54, 1.807) is 0 Å². The average Bonchev–Trinajstić information content (AvgIpc) is 2.16. The van der Waals surface area contributed by atoms with E-state index >= 15 is 0 Å². The molecule has 1 rings (SSSR count). The maximum absolute atomic E-state index is 11.7. The molecule has 4 heteroatoms. The molecule has 0 saturated heterocycles. The summed E-state index contributed by atoms with van der Waals surface area (Å²) in [4.78, 5) is 11.7. The van der Waals surface area contributed by atoms with Crippen molar-refractivity contribution < 1.29 is 9.90 Å². The summed E-state index contributed by atoms with van der Waals surface area (Å²) < 4.78 is 0. The first-order valence-electron chi connectivity index (χ1n) is 6.23. The van der Waals surface area contributed by atoms with E-state index < -0.39 is 6.04 Å². The number of nitrogens with two attached hydrogens (primary N) is 1. The van der Waals surface area contributed by atoms with E-state index in [9.17, 15) is 9.90 Å². The third-order valence-electron chi connectivity index (χ3n) is 3.06. The fraction of sp³-hybridized carbons (Fsp3) is 0.917. The van der Waals surface area contributed by atoms with Gasteiger partial charge < -0.3 is 16.2 Å². The second-order valence-corrected chi connectivity index (χ2v) is 5.26. The second-order valence-electron chi connectivity index (χ2n) is 5.26. The van der Waals surface area contributed by atoms with Crippen LogP contribution in [0.3, 0.4) is 0 Å². The van der Waals surface area contributed by atoms with Crippen LogP contribution in [0.2, 0.25) is 0 Å². The van der Waals surface area contributed by atoms with E-state index in [1.807, 2.05) is 0 Å². The number of aliphatic hydroxyl groups is 1. The molecule has 3 atom stereocenters. The fourth-order valence-corrected chi connectivity index (χ4v) is 2.22. The maximum Gasteiger partial charge on any atom is 0.237 e. The van der Waals surface area contributed by atoms with Crippen molar-refractivity contribution in [3.05, 3.63) is 0 Å². The monoisotopic (exact) mass is 228 g/mol. The Kier molecular flexibility index (Phi) is 5.22. The minimum Gasteiger partial charge on any atom is -0.393 e. The zero-order valence-corrected chi connectivity index (χ0v) is 10.3. The summed E-state index contributed by atoms with van der Waals surface area (Å²) in [6.45, 7) is 4.11. The Morgan fingerprint density at radius 1 is 1.50 bits per heavy atom. The summed E-state index contributed by atoms with van der Waals surface area (Å²) in [5, 5.41) is 12.4. The van der Waals surface area contributed by atoms with Crippen molar-refractivity contribution in [2.75, 3.05) is 0 Å². The number of hydrogen-bond acceptors (Lipinski definition) is 3. The Morgan fingerprint density at radius 3 is 2.75 bits per heavy atom. The summed E-state index contributed by atoms with van der Waals surface area (Å²) in [5.74, 6) is 0.352. The Morgan fingerprint density at radius 2 is 2.19 bits per heavy atom. The van der Waals surface area contributed by atoms with Crippen molar-refractivity contribution in [2.24, 2.45) is 11.7 Å². The molecule has 0 radical (unpaired) electrons. The molecule has 1 saturated carbocycles. The highest BCUT2D eigenvalue weighted by Crippen LogP contribution is 2.18. The molecule has 0 aliphatic heterocycles. The van der Waals surface area contributed by atoms with Gasteiger partial charge >= 0.3 is 0 Å². The van der Waals surface area contributed by atoms with Crippen LogP contribution in [0.4, 0.5) is 0 Å². The van der Waals surface area contributed by atoms with Gasteiger partial charge in [0.05, 0.1) is 12.1 Å². The van der Waals surface area contributed by atoms with Crippen LogP contribution in [0.25, 0.3) is 0 Å². The molecule has 0 spiro atoms. The molecule has 0 heterocycles. The van der Waals surface area contributed by atoms with Gasteiger partial charge in [0, 0.05) is 6.04 Å². The van der Waals surface area contributed by atoms with Gasteiger partial charge in [0.2, 0.25) is 5.91 Å². The molecule has 1 aliphatic carbocycles. The van der Waals surface area contributed by atoms with Gasteiger partial charge in [-0.15, -0.1) is 0 Å². The summed E-state index contributed by atoms with van der Waals surface area (Å²) >= 11 is 0. The van der Waals surface area contributed by atoms with Gasteiger partial charge in [0.15, 0.2) is 0 Å². The summed E-state index contributed by atoms with van der Waals surface area (Å²) in [7, 11) is 0. The van der Waals surface area contributed by atoms with Gasteiger partial charge in [-0.1, -0.05) is 13.8 Å². The zero-order valence-electron chi connectivity index (χ0n) is 10.3. The lowest BCUT2D eigenvalue weighted by Gasteiger charge is -2.27. The Labute approximate surface area is 97.6 Å². The fourth-order valence-electron chi connectivity index (χ4n) is 2.22. The molecule has 16 heavy (non-hydrogen) atoms. The Hall–Kier alpha value is -0.610. The maximum atomic E-state index is 11.7. The molecule has 4 nitrogen and oxygen atoms in total. The summed E-state index contributed by atoms with van der Waals surface area (Å²) in [5.41, 5.74) is 5.80. The minimum absolute atomic E-state index is 0.0761. The molecular weight excluding hydrogens is 204 g/mol. The lowest BCUT2D eigenvalue weighted by atomic mass is 9.92. The van der Waals surface area contributed by atoms with Gasteiger partial charge in [-0.25, -0.2) is 0 Å². The number of amides is 1. The standard InChI is InChI=1S/C12H24N2O2/c1-8(2)6-11(13)12(16)14-9-4-3-5-10(15)7-9/h8-11,15H,3-7,13H2,1-2H3,(H,14,16)/t9?,10?,11-/m0/s1. The average molecular weight is 228 g/mol. The molecule has 1 amide bonds. The van der Waals surface area contributed by atoms with Crippen molar-refractivity contribution in [1.82, 2.24) is 5.32 Å². The van der Waals surface area contributed by atoms with Gasteiger partial charge in [0.1, 0.15) is 0 Å². The van der Waals surface area contributed by atoms with Crippen molar-refractivity contribution >= 4 is 5.91 Å². The first kappa shape index (κ1) is 13.5. The van der Waals surface area contributed by atoms with Gasteiger partial charge in [-0.2, -0.15) is 0 Å². The normalized spacial score (nSPS) is 27.8. The smallest absolute Gasteiger partial charge is 0.237 e. The molecular formula is C12H24N2O2. The first-order valence-corrected chi connectivity index (χ1v) is 6.23. The summed E-state index contributed by atoms with van der Waals surface area (Å²) in [6.07, 6.45) is 3.90. The van der Waals surface area contributed by atoms with E-state index in [1.165, 1.54) is 0 Å². The van der Waals surface area contributed by atoms with E-state index in [2.05, 4.69) is 19.2 Å². The lowest BCUT2D eigenvalue weighted by Crippen LogP contribution is -2.47.